The van der Waals surface area contributed by atoms with Crippen molar-refractivity contribution in [1.82, 2.24) is 8.54 Å². The zero-order valence-electron chi connectivity index (χ0n) is 9.75. The first-order chi connectivity index (χ1) is 7.86. The maximum absolute atomic E-state index is 12.0. The van der Waals surface area contributed by atoms with E-state index in [-0.39, 0.29) is 5.69 Å². The number of nitrogens with zero attached hydrogens (tertiary/aromatic N) is 2. The van der Waals surface area contributed by atoms with Gasteiger partial charge in [-0.05, 0) is 31.5 Å². The van der Waals surface area contributed by atoms with Crippen molar-refractivity contribution in [2.75, 3.05) is 13.3 Å². The second-order valence-electron chi connectivity index (χ2n) is 4.24. The molecule has 17 heavy (non-hydrogen) atoms. The minimum absolute atomic E-state index is 0.140. The van der Waals surface area contributed by atoms with Crippen LogP contribution in [-0.4, -0.2) is 21.9 Å². The van der Waals surface area contributed by atoms with Crippen molar-refractivity contribution >= 4 is 46.1 Å². The third kappa shape index (κ3) is 2.09. The van der Waals surface area contributed by atoms with Gasteiger partial charge in [0.15, 0.2) is 0 Å². The molecule has 92 valence electrons. The summed E-state index contributed by atoms with van der Waals surface area (Å²) in [4.78, 5) is 11.9. The van der Waals surface area contributed by atoms with E-state index in [0.29, 0.717) is 0 Å². The second kappa shape index (κ2) is 4.26. The van der Waals surface area contributed by atoms with Crippen LogP contribution in [0.5, 0.6) is 0 Å². The van der Waals surface area contributed by atoms with Crippen molar-refractivity contribution in [2.24, 2.45) is 7.05 Å². The van der Waals surface area contributed by atoms with E-state index < -0.39 is 7.14 Å². The van der Waals surface area contributed by atoms with E-state index in [0.717, 1.165) is 27.3 Å². The number of aromatic nitrogens is 2. The minimum Gasteiger partial charge on any atom is -0.319 e. The lowest BCUT2D eigenvalue weighted by atomic mass is 10.3. The third-order valence-corrected chi connectivity index (χ3v) is 5.23. The number of fused-ring (bicyclic) bond motifs is 1. The standard InChI is InChI=1S/C10H13N2O2PS2/c1-11-8-5-4-7(15(2,3)14)6-9(8)12(17-16)10(11)13/h4-6,16H,1-3H3. The lowest BCUT2D eigenvalue weighted by Gasteiger charge is -2.07. The summed E-state index contributed by atoms with van der Waals surface area (Å²) in [7, 11) is 0.446. The van der Waals surface area contributed by atoms with Crippen molar-refractivity contribution in [2.45, 2.75) is 0 Å². The predicted molar refractivity (Wildman–Crippen MR) is 78.2 cm³/mol. The molecule has 0 aliphatic rings. The van der Waals surface area contributed by atoms with Crippen molar-refractivity contribution in [3.63, 3.8) is 0 Å². The van der Waals surface area contributed by atoms with Gasteiger partial charge in [0.1, 0.15) is 7.14 Å². The van der Waals surface area contributed by atoms with E-state index in [2.05, 4.69) is 11.7 Å². The van der Waals surface area contributed by atoms with E-state index in [4.69, 9.17) is 0 Å². The second-order valence-corrected chi connectivity index (χ2v) is 8.48. The number of thiol groups is 1. The number of aryl methyl sites for hydroxylation is 1. The molecular formula is C10H13N2O2PS2. The highest BCUT2D eigenvalue weighted by Gasteiger charge is 2.16. The van der Waals surface area contributed by atoms with Crippen LogP contribution in [-0.2, 0) is 11.6 Å². The van der Waals surface area contributed by atoms with Gasteiger partial charge in [-0.1, -0.05) is 11.7 Å². The molecule has 7 heteroatoms. The Kier molecular flexibility index (Phi) is 3.23. The van der Waals surface area contributed by atoms with Gasteiger partial charge in [0.2, 0.25) is 0 Å². The Morgan fingerprint density at radius 3 is 2.47 bits per heavy atom. The van der Waals surface area contributed by atoms with Crippen LogP contribution >= 0.6 is 29.8 Å². The van der Waals surface area contributed by atoms with Gasteiger partial charge in [-0.25, -0.2) is 8.77 Å². The predicted octanol–water partition coefficient (Wildman–Crippen LogP) is 1.93. The molecule has 2 rings (SSSR count). The summed E-state index contributed by atoms with van der Waals surface area (Å²) in [5, 5.41) is 0.770. The molecule has 0 aliphatic carbocycles. The number of hydrogen-bond donors (Lipinski definition) is 1. The lowest BCUT2D eigenvalue weighted by Crippen LogP contribution is -2.17. The van der Waals surface area contributed by atoms with Crippen LogP contribution < -0.4 is 11.0 Å². The SMILES string of the molecule is Cn1c(=O)n(SS)c2cc(P(C)(C)=O)ccc21. The van der Waals surface area contributed by atoms with Crippen LogP contribution in [0.4, 0.5) is 0 Å². The first-order valence-electron chi connectivity index (χ1n) is 4.95. The summed E-state index contributed by atoms with van der Waals surface area (Å²) < 4.78 is 15.1. The van der Waals surface area contributed by atoms with Gasteiger partial charge < -0.3 is 4.57 Å². The van der Waals surface area contributed by atoms with Crippen LogP contribution in [0.25, 0.3) is 11.0 Å². The fraction of sp³-hybridized carbons (Fsp3) is 0.300. The largest absolute Gasteiger partial charge is 0.339 e. The quantitative estimate of drug-likeness (QED) is 0.522. The van der Waals surface area contributed by atoms with Gasteiger partial charge in [0, 0.05) is 23.3 Å². The van der Waals surface area contributed by atoms with Crippen molar-refractivity contribution in [3.05, 3.63) is 28.7 Å². The Morgan fingerprint density at radius 2 is 1.94 bits per heavy atom. The molecule has 0 unspecified atom stereocenters. The van der Waals surface area contributed by atoms with Gasteiger partial charge >= 0.3 is 5.69 Å². The smallest absolute Gasteiger partial charge is 0.319 e. The molecule has 0 N–H and O–H groups in total. The van der Waals surface area contributed by atoms with Gasteiger partial charge in [0.05, 0.1) is 11.0 Å². The van der Waals surface area contributed by atoms with Crippen molar-refractivity contribution < 1.29 is 4.57 Å². The number of hydrogen-bond acceptors (Lipinski definition) is 4. The molecule has 0 saturated heterocycles. The number of benzene rings is 1. The first-order valence-corrected chi connectivity index (χ1v) is 9.38. The molecule has 1 aromatic carbocycles. The van der Waals surface area contributed by atoms with Gasteiger partial charge in [-0.3, -0.25) is 4.57 Å². The normalized spacial score (nSPS) is 12.2. The van der Waals surface area contributed by atoms with E-state index >= 15 is 0 Å². The summed E-state index contributed by atoms with van der Waals surface area (Å²) >= 11 is 4.07. The Bertz CT molecular complexity index is 683. The minimum atomic E-state index is -2.32. The molecule has 1 aromatic heterocycles. The van der Waals surface area contributed by atoms with Gasteiger partial charge in [-0.15, -0.1) is 0 Å². The average Bonchev–Trinajstić information content (AvgIpc) is 2.50. The monoisotopic (exact) mass is 288 g/mol. The number of rotatable bonds is 2. The summed E-state index contributed by atoms with van der Waals surface area (Å²) in [5.74, 6) is 0. The molecular weight excluding hydrogens is 275 g/mol. The molecule has 0 aliphatic heterocycles. The van der Waals surface area contributed by atoms with Crippen molar-refractivity contribution in [1.29, 1.82) is 0 Å². The van der Waals surface area contributed by atoms with Crippen LogP contribution in [0.3, 0.4) is 0 Å². The summed E-state index contributed by atoms with van der Waals surface area (Å²) in [6, 6.07) is 5.45. The van der Waals surface area contributed by atoms with E-state index in [1.54, 1.807) is 31.0 Å². The maximum atomic E-state index is 12.0. The van der Waals surface area contributed by atoms with Gasteiger partial charge in [0.25, 0.3) is 0 Å². The highest BCUT2D eigenvalue weighted by Crippen LogP contribution is 2.35. The van der Waals surface area contributed by atoms with Crippen molar-refractivity contribution in [3.8, 4) is 0 Å². The van der Waals surface area contributed by atoms with Crippen LogP contribution in [0.2, 0.25) is 0 Å². The van der Waals surface area contributed by atoms with E-state index in [1.165, 1.54) is 3.97 Å². The Labute approximate surface area is 108 Å². The number of imidazole rings is 1. The molecule has 0 radical (unpaired) electrons. The molecule has 2 aromatic rings. The first kappa shape index (κ1) is 12.9. The zero-order chi connectivity index (χ0) is 12.8. The van der Waals surface area contributed by atoms with Crippen LogP contribution in [0, 0.1) is 0 Å². The molecule has 0 spiro atoms. The average molecular weight is 288 g/mol. The van der Waals surface area contributed by atoms with Crippen LogP contribution in [0.15, 0.2) is 23.0 Å². The Hall–Kier alpha value is -0.580. The van der Waals surface area contributed by atoms with Gasteiger partial charge in [-0.2, -0.15) is 0 Å². The van der Waals surface area contributed by atoms with E-state index in [9.17, 15) is 9.36 Å². The maximum Gasteiger partial charge on any atom is 0.339 e. The third-order valence-electron chi connectivity index (χ3n) is 2.70. The summed E-state index contributed by atoms with van der Waals surface area (Å²) in [6.45, 7) is 3.43. The molecule has 0 bridgehead atoms. The summed E-state index contributed by atoms with van der Waals surface area (Å²) in [5.41, 5.74) is 1.42. The molecule has 0 amide bonds. The fourth-order valence-corrected chi connectivity index (χ4v) is 3.48. The van der Waals surface area contributed by atoms with E-state index in [1.807, 2.05) is 12.1 Å². The topological polar surface area (TPSA) is 44.0 Å². The van der Waals surface area contributed by atoms with Crippen LogP contribution in [0.1, 0.15) is 0 Å². The summed E-state index contributed by atoms with van der Waals surface area (Å²) in [6.07, 6.45) is 0. The molecule has 0 fully saturated rings. The molecule has 0 atom stereocenters. The zero-order valence-corrected chi connectivity index (χ0v) is 12.4. The Balaban J connectivity index is 2.86. The fourth-order valence-electron chi connectivity index (χ4n) is 1.71. The molecule has 4 nitrogen and oxygen atoms in total. The highest BCUT2D eigenvalue weighted by molar-refractivity contribution is 8.68. The Morgan fingerprint density at radius 1 is 1.29 bits per heavy atom. The highest BCUT2D eigenvalue weighted by atomic mass is 33.1. The lowest BCUT2D eigenvalue weighted by molar-refractivity contribution is 0.588. The molecule has 0 saturated carbocycles. The molecule has 1 heterocycles.